The van der Waals surface area contributed by atoms with E-state index in [-0.39, 0.29) is 22.6 Å². The van der Waals surface area contributed by atoms with Gasteiger partial charge in [-0.1, -0.05) is 18.2 Å². The van der Waals surface area contributed by atoms with Crippen molar-refractivity contribution in [1.29, 1.82) is 0 Å². The van der Waals surface area contributed by atoms with Crippen molar-refractivity contribution in [2.24, 2.45) is 0 Å². The molecule has 2 aromatic rings. The maximum Gasteiger partial charge on any atom is 0.321 e. The Labute approximate surface area is 180 Å². The molecule has 0 atom stereocenters. The van der Waals surface area contributed by atoms with Crippen LogP contribution in [0.4, 0.5) is 14.9 Å². The molecule has 0 radical (unpaired) electrons. The number of aryl methyl sites for hydroxylation is 2. The number of carbonyl (C=O) groups excluding carboxylic acids is 2. The first-order chi connectivity index (χ1) is 14.4. The van der Waals surface area contributed by atoms with Gasteiger partial charge in [0.25, 0.3) is 5.91 Å². The molecule has 2 heterocycles. The summed E-state index contributed by atoms with van der Waals surface area (Å²) >= 11 is 1.80. The van der Waals surface area contributed by atoms with Crippen molar-refractivity contribution in [2.45, 2.75) is 31.6 Å². The highest BCUT2D eigenvalue weighted by Gasteiger charge is 2.47. The summed E-state index contributed by atoms with van der Waals surface area (Å²) in [5, 5.41) is 3.06. The fraction of sp³-hybridized carbons (Fsp3) is 0.391. The number of likely N-dealkylation sites (tertiary alicyclic amines) is 1. The van der Waals surface area contributed by atoms with Gasteiger partial charge in [0.15, 0.2) is 0 Å². The molecule has 0 unspecified atom stereocenters. The van der Waals surface area contributed by atoms with Gasteiger partial charge in [0.1, 0.15) is 5.82 Å². The molecule has 158 valence electrons. The number of hydrogen-bond donors (Lipinski definition) is 1. The Morgan fingerprint density at radius 1 is 1.00 bits per heavy atom. The molecule has 2 saturated heterocycles. The number of nitrogens with zero attached hydrogens (tertiary/aromatic N) is 2. The topological polar surface area (TPSA) is 52.7 Å². The summed E-state index contributed by atoms with van der Waals surface area (Å²) in [4.78, 5) is 29.4. The van der Waals surface area contributed by atoms with E-state index in [9.17, 15) is 14.0 Å². The maximum atomic E-state index is 13.2. The van der Waals surface area contributed by atoms with E-state index in [0.717, 1.165) is 35.4 Å². The first-order valence-corrected chi connectivity index (χ1v) is 11.2. The molecule has 30 heavy (non-hydrogen) atoms. The van der Waals surface area contributed by atoms with Crippen LogP contribution in [0.1, 0.15) is 34.3 Å². The van der Waals surface area contributed by atoms with Crippen LogP contribution in [0, 0.1) is 19.7 Å². The van der Waals surface area contributed by atoms with E-state index in [4.69, 9.17) is 0 Å². The monoisotopic (exact) mass is 427 g/mol. The zero-order valence-corrected chi connectivity index (χ0v) is 18.1. The van der Waals surface area contributed by atoms with Gasteiger partial charge in [-0.05, 0) is 62.1 Å². The summed E-state index contributed by atoms with van der Waals surface area (Å²) < 4.78 is 13.2. The van der Waals surface area contributed by atoms with Crippen LogP contribution in [0.2, 0.25) is 0 Å². The second-order valence-corrected chi connectivity index (χ2v) is 9.40. The fourth-order valence-electron chi connectivity index (χ4n) is 4.31. The lowest BCUT2D eigenvalue weighted by Gasteiger charge is -2.44. The SMILES string of the molecule is Cc1cccc(C)c1NC(=O)N1CCC2(CC1)SCCN2C(=O)c1ccc(F)cc1. The third-order valence-electron chi connectivity index (χ3n) is 6.06. The van der Waals surface area contributed by atoms with Gasteiger partial charge in [-0.3, -0.25) is 4.79 Å². The largest absolute Gasteiger partial charge is 0.324 e. The Balaban J connectivity index is 1.43. The van der Waals surface area contributed by atoms with Crippen LogP contribution in [0.3, 0.4) is 0 Å². The highest BCUT2D eigenvalue weighted by atomic mass is 32.2. The minimum atomic E-state index is -0.347. The number of thioether (sulfide) groups is 1. The molecule has 5 nitrogen and oxygen atoms in total. The molecular formula is C23H26FN3O2S. The molecular weight excluding hydrogens is 401 g/mol. The maximum absolute atomic E-state index is 13.2. The number of piperidine rings is 1. The summed E-state index contributed by atoms with van der Waals surface area (Å²) in [6.07, 6.45) is 1.45. The van der Waals surface area contributed by atoms with Crippen molar-refractivity contribution in [3.05, 3.63) is 65.0 Å². The number of para-hydroxylation sites is 1. The third kappa shape index (κ3) is 3.90. The van der Waals surface area contributed by atoms with E-state index in [1.165, 1.54) is 12.1 Å². The zero-order valence-electron chi connectivity index (χ0n) is 17.3. The van der Waals surface area contributed by atoms with Crippen molar-refractivity contribution in [1.82, 2.24) is 9.80 Å². The van der Waals surface area contributed by atoms with Gasteiger partial charge in [-0.15, -0.1) is 11.8 Å². The van der Waals surface area contributed by atoms with E-state index < -0.39 is 0 Å². The van der Waals surface area contributed by atoms with Gasteiger partial charge in [-0.2, -0.15) is 0 Å². The number of amides is 3. The molecule has 1 spiro atoms. The summed E-state index contributed by atoms with van der Waals surface area (Å²) in [6, 6.07) is 11.6. The van der Waals surface area contributed by atoms with Crippen molar-refractivity contribution in [2.75, 3.05) is 30.7 Å². The fourth-order valence-corrected chi connectivity index (χ4v) is 5.77. The lowest BCUT2D eigenvalue weighted by molar-refractivity contribution is 0.0585. The average Bonchev–Trinajstić information content (AvgIpc) is 3.14. The lowest BCUT2D eigenvalue weighted by atomic mass is 10.0. The number of carbonyl (C=O) groups is 2. The standard InChI is InChI=1S/C23H26FN3O2S/c1-16-4-3-5-17(2)20(16)25-22(29)26-12-10-23(11-13-26)27(14-15-30-23)21(28)18-6-8-19(24)9-7-18/h3-9H,10-15H2,1-2H3,(H,25,29). The van der Waals surface area contributed by atoms with Crippen molar-refractivity contribution < 1.29 is 14.0 Å². The molecule has 2 aromatic carbocycles. The summed E-state index contributed by atoms with van der Waals surface area (Å²) in [7, 11) is 0. The molecule has 0 bridgehead atoms. The number of rotatable bonds is 2. The van der Waals surface area contributed by atoms with Crippen LogP contribution < -0.4 is 5.32 Å². The van der Waals surface area contributed by atoms with Crippen molar-refractivity contribution in [3.8, 4) is 0 Å². The van der Waals surface area contributed by atoms with Gasteiger partial charge in [0.2, 0.25) is 0 Å². The second-order valence-electron chi connectivity index (χ2n) is 7.94. The molecule has 0 saturated carbocycles. The van der Waals surface area contributed by atoms with Gasteiger partial charge in [0.05, 0.1) is 4.87 Å². The van der Waals surface area contributed by atoms with E-state index in [2.05, 4.69) is 5.32 Å². The first kappa shape index (κ1) is 20.7. The number of hydrogen-bond acceptors (Lipinski definition) is 3. The van der Waals surface area contributed by atoms with Gasteiger partial charge < -0.3 is 15.1 Å². The molecule has 1 N–H and O–H groups in total. The van der Waals surface area contributed by atoms with Crippen LogP contribution in [-0.4, -0.2) is 52.0 Å². The lowest BCUT2D eigenvalue weighted by Crippen LogP contribution is -2.54. The molecule has 2 fully saturated rings. The van der Waals surface area contributed by atoms with Gasteiger partial charge >= 0.3 is 6.03 Å². The van der Waals surface area contributed by atoms with Crippen LogP contribution >= 0.6 is 11.8 Å². The highest BCUT2D eigenvalue weighted by Crippen LogP contribution is 2.44. The number of anilines is 1. The first-order valence-electron chi connectivity index (χ1n) is 10.2. The summed E-state index contributed by atoms with van der Waals surface area (Å²) in [5.74, 6) is 0.468. The molecule has 2 aliphatic heterocycles. The predicted molar refractivity (Wildman–Crippen MR) is 118 cm³/mol. The Kier molecular flexibility index (Phi) is 5.73. The van der Waals surface area contributed by atoms with Crippen LogP contribution in [0.15, 0.2) is 42.5 Å². The predicted octanol–water partition coefficient (Wildman–Crippen LogP) is 4.66. The summed E-state index contributed by atoms with van der Waals surface area (Å²) in [5.41, 5.74) is 3.46. The smallest absolute Gasteiger partial charge is 0.321 e. The van der Waals surface area contributed by atoms with E-state index >= 15 is 0 Å². The minimum Gasteiger partial charge on any atom is -0.324 e. The van der Waals surface area contributed by atoms with E-state index in [1.807, 2.05) is 41.8 Å². The molecule has 0 aliphatic carbocycles. The molecule has 4 rings (SSSR count). The quantitative estimate of drug-likeness (QED) is 0.759. The number of urea groups is 1. The van der Waals surface area contributed by atoms with Gasteiger partial charge in [0, 0.05) is 36.6 Å². The Morgan fingerprint density at radius 2 is 1.63 bits per heavy atom. The number of nitrogens with one attached hydrogen (secondary N) is 1. The zero-order chi connectivity index (χ0) is 21.3. The van der Waals surface area contributed by atoms with Crippen LogP contribution in [-0.2, 0) is 0 Å². The number of halogens is 1. The summed E-state index contributed by atoms with van der Waals surface area (Å²) in [6.45, 7) is 5.84. The Hall–Kier alpha value is -2.54. The number of benzene rings is 2. The molecule has 0 aromatic heterocycles. The average molecular weight is 428 g/mol. The Bertz CT molecular complexity index is 935. The van der Waals surface area contributed by atoms with Crippen LogP contribution in [0.5, 0.6) is 0 Å². The van der Waals surface area contributed by atoms with Crippen molar-refractivity contribution in [3.63, 3.8) is 0 Å². The second kappa shape index (κ2) is 8.30. The minimum absolute atomic E-state index is 0.0616. The van der Waals surface area contributed by atoms with E-state index in [0.29, 0.717) is 25.2 Å². The third-order valence-corrected chi connectivity index (χ3v) is 7.61. The normalized spacial score (nSPS) is 18.0. The Morgan fingerprint density at radius 3 is 2.27 bits per heavy atom. The van der Waals surface area contributed by atoms with Crippen molar-refractivity contribution >= 4 is 29.4 Å². The van der Waals surface area contributed by atoms with Crippen LogP contribution in [0.25, 0.3) is 0 Å². The highest BCUT2D eigenvalue weighted by molar-refractivity contribution is 8.00. The van der Waals surface area contributed by atoms with E-state index in [1.54, 1.807) is 23.9 Å². The molecule has 7 heteroatoms. The molecule has 2 aliphatic rings. The van der Waals surface area contributed by atoms with Gasteiger partial charge in [-0.25, -0.2) is 9.18 Å². The molecule has 3 amide bonds.